The highest BCUT2D eigenvalue weighted by molar-refractivity contribution is 5.03. The zero-order valence-corrected chi connectivity index (χ0v) is 11.4. The van der Waals surface area contributed by atoms with Crippen molar-refractivity contribution >= 4 is 0 Å². The summed E-state index contributed by atoms with van der Waals surface area (Å²) in [6, 6.07) is 0.722. The van der Waals surface area contributed by atoms with Crippen molar-refractivity contribution in [2.24, 2.45) is 35.5 Å². The van der Waals surface area contributed by atoms with Crippen molar-refractivity contribution in [3.8, 4) is 0 Å². The highest BCUT2D eigenvalue weighted by atomic mass is 16.3. The summed E-state index contributed by atoms with van der Waals surface area (Å²) in [4.78, 5) is 0. The summed E-state index contributed by atoms with van der Waals surface area (Å²) in [5.74, 6) is 6.55. The Labute approximate surface area is 111 Å². The minimum Gasteiger partial charge on any atom is -0.395 e. The predicted molar refractivity (Wildman–Crippen MR) is 72.1 cm³/mol. The summed E-state index contributed by atoms with van der Waals surface area (Å²) in [5, 5.41) is 12.3. The fourth-order valence-corrected chi connectivity index (χ4v) is 6.15. The number of aliphatic hydroxyl groups excluding tert-OH is 1. The summed E-state index contributed by atoms with van der Waals surface area (Å²) in [6.45, 7) is 1.08. The molecule has 5 saturated carbocycles. The molecule has 5 rings (SSSR count). The van der Waals surface area contributed by atoms with E-state index in [-0.39, 0.29) is 0 Å². The first-order chi connectivity index (χ1) is 8.83. The Morgan fingerprint density at radius 2 is 1.33 bits per heavy atom. The first-order valence-corrected chi connectivity index (χ1v) is 8.17. The van der Waals surface area contributed by atoms with Gasteiger partial charge in [-0.25, -0.2) is 0 Å². The Bertz CT molecular complexity index is 282. The van der Waals surface area contributed by atoms with Crippen LogP contribution in [0.5, 0.6) is 0 Å². The van der Waals surface area contributed by atoms with Gasteiger partial charge in [0.05, 0.1) is 6.61 Å². The summed E-state index contributed by atoms with van der Waals surface area (Å²) < 4.78 is 0. The van der Waals surface area contributed by atoms with Crippen molar-refractivity contribution in [2.45, 2.75) is 51.0 Å². The molecule has 0 aliphatic heterocycles. The smallest absolute Gasteiger partial charge is 0.0556 e. The molecular formula is C16H27NO. The van der Waals surface area contributed by atoms with Crippen molar-refractivity contribution in [2.75, 3.05) is 13.2 Å². The van der Waals surface area contributed by atoms with Gasteiger partial charge in [-0.2, -0.15) is 0 Å². The van der Waals surface area contributed by atoms with Gasteiger partial charge >= 0.3 is 0 Å². The van der Waals surface area contributed by atoms with E-state index in [9.17, 15) is 0 Å². The standard InChI is InChI=1S/C16H27NO/c18-2-1-17-15-8-14(9-15)16-12-4-10-3-11(6-12)7-13(16)5-10/h10-18H,1-9H2. The topological polar surface area (TPSA) is 32.3 Å². The number of nitrogens with one attached hydrogen (secondary N) is 1. The summed E-state index contributed by atoms with van der Waals surface area (Å²) in [5.41, 5.74) is 0. The van der Waals surface area contributed by atoms with Crippen LogP contribution < -0.4 is 5.32 Å². The minimum absolute atomic E-state index is 0.291. The van der Waals surface area contributed by atoms with Gasteiger partial charge in [0.15, 0.2) is 0 Å². The van der Waals surface area contributed by atoms with Crippen molar-refractivity contribution in [1.29, 1.82) is 0 Å². The van der Waals surface area contributed by atoms with Gasteiger partial charge in [0, 0.05) is 12.6 Å². The number of aliphatic hydroxyl groups is 1. The van der Waals surface area contributed by atoms with E-state index in [4.69, 9.17) is 5.11 Å². The second kappa shape index (κ2) is 4.49. The normalized spacial score (nSPS) is 53.5. The maximum atomic E-state index is 8.85. The lowest BCUT2D eigenvalue weighted by Crippen LogP contribution is -2.53. The third kappa shape index (κ3) is 1.84. The molecule has 0 saturated heterocycles. The van der Waals surface area contributed by atoms with Gasteiger partial charge < -0.3 is 10.4 Å². The van der Waals surface area contributed by atoms with Gasteiger partial charge in [0.2, 0.25) is 0 Å². The largest absolute Gasteiger partial charge is 0.395 e. The quantitative estimate of drug-likeness (QED) is 0.802. The fraction of sp³-hybridized carbons (Fsp3) is 1.00. The lowest BCUT2D eigenvalue weighted by Gasteiger charge is -2.59. The zero-order valence-electron chi connectivity index (χ0n) is 11.4. The van der Waals surface area contributed by atoms with Crippen LogP contribution >= 0.6 is 0 Å². The van der Waals surface area contributed by atoms with E-state index < -0.39 is 0 Å². The van der Waals surface area contributed by atoms with Crippen LogP contribution in [0.1, 0.15) is 44.9 Å². The molecule has 0 aromatic carbocycles. The summed E-state index contributed by atoms with van der Waals surface area (Å²) in [7, 11) is 0. The first-order valence-electron chi connectivity index (χ1n) is 8.17. The molecule has 2 N–H and O–H groups in total. The molecule has 2 heteroatoms. The Hall–Kier alpha value is -0.0800. The average Bonchev–Trinajstić information content (AvgIpc) is 2.29. The predicted octanol–water partition coefficient (Wildman–Crippen LogP) is 2.42. The van der Waals surface area contributed by atoms with Crippen LogP contribution in [0.2, 0.25) is 0 Å². The molecular weight excluding hydrogens is 222 g/mol. The SMILES string of the molecule is OCCNC1CC(C2C3CC4CC(C3)CC2C4)C1. The molecule has 4 bridgehead atoms. The first kappa shape index (κ1) is 11.7. The van der Waals surface area contributed by atoms with E-state index in [1.165, 1.54) is 12.8 Å². The third-order valence-electron chi connectivity index (χ3n) is 6.56. The van der Waals surface area contributed by atoms with Crippen molar-refractivity contribution in [3.05, 3.63) is 0 Å². The van der Waals surface area contributed by atoms with Crippen molar-refractivity contribution in [1.82, 2.24) is 5.32 Å². The molecule has 0 aromatic heterocycles. The molecule has 18 heavy (non-hydrogen) atoms. The fourth-order valence-electron chi connectivity index (χ4n) is 6.15. The molecule has 0 aromatic rings. The van der Waals surface area contributed by atoms with Crippen LogP contribution in [0.15, 0.2) is 0 Å². The molecule has 2 nitrogen and oxygen atoms in total. The van der Waals surface area contributed by atoms with Gasteiger partial charge in [-0.15, -0.1) is 0 Å². The van der Waals surface area contributed by atoms with E-state index in [0.29, 0.717) is 6.61 Å². The van der Waals surface area contributed by atoms with Gasteiger partial charge in [-0.05, 0) is 80.5 Å². The molecule has 0 unspecified atom stereocenters. The lowest BCUT2D eigenvalue weighted by molar-refractivity contribution is -0.0824. The van der Waals surface area contributed by atoms with E-state index >= 15 is 0 Å². The van der Waals surface area contributed by atoms with Crippen LogP contribution in [-0.2, 0) is 0 Å². The highest BCUT2D eigenvalue weighted by Gasteiger charge is 2.52. The lowest BCUT2D eigenvalue weighted by atomic mass is 9.47. The molecule has 0 heterocycles. The van der Waals surface area contributed by atoms with Crippen LogP contribution in [0, 0.1) is 35.5 Å². The van der Waals surface area contributed by atoms with Crippen LogP contribution in [-0.4, -0.2) is 24.3 Å². The van der Waals surface area contributed by atoms with Crippen LogP contribution in [0.25, 0.3) is 0 Å². The average molecular weight is 249 g/mol. The summed E-state index contributed by atoms with van der Waals surface area (Å²) in [6.07, 6.45) is 10.7. The van der Waals surface area contributed by atoms with E-state index in [2.05, 4.69) is 5.32 Å². The van der Waals surface area contributed by atoms with Gasteiger partial charge in [-0.3, -0.25) is 0 Å². The van der Waals surface area contributed by atoms with Gasteiger partial charge in [0.25, 0.3) is 0 Å². The molecule has 0 amide bonds. The van der Waals surface area contributed by atoms with E-state index in [1.54, 1.807) is 32.1 Å². The number of hydrogen-bond donors (Lipinski definition) is 2. The Morgan fingerprint density at radius 3 is 1.89 bits per heavy atom. The Morgan fingerprint density at radius 1 is 0.778 bits per heavy atom. The summed E-state index contributed by atoms with van der Waals surface area (Å²) >= 11 is 0. The maximum Gasteiger partial charge on any atom is 0.0556 e. The number of hydrogen-bond acceptors (Lipinski definition) is 2. The highest BCUT2D eigenvalue weighted by Crippen LogP contribution is 2.60. The second-order valence-corrected chi connectivity index (χ2v) is 7.61. The van der Waals surface area contributed by atoms with Gasteiger partial charge in [0.1, 0.15) is 0 Å². The molecule has 0 atom stereocenters. The zero-order chi connectivity index (χ0) is 12.1. The third-order valence-corrected chi connectivity index (χ3v) is 6.56. The minimum atomic E-state index is 0.291. The second-order valence-electron chi connectivity index (χ2n) is 7.61. The Kier molecular flexibility index (Phi) is 2.92. The molecule has 102 valence electrons. The Balaban J connectivity index is 1.36. The molecule has 5 fully saturated rings. The maximum absolute atomic E-state index is 8.85. The molecule has 0 radical (unpaired) electrons. The van der Waals surface area contributed by atoms with Crippen LogP contribution in [0.4, 0.5) is 0 Å². The molecule has 0 spiro atoms. The monoisotopic (exact) mass is 249 g/mol. The van der Waals surface area contributed by atoms with Gasteiger partial charge in [-0.1, -0.05) is 0 Å². The van der Waals surface area contributed by atoms with E-state index in [0.717, 1.165) is 48.1 Å². The number of rotatable bonds is 4. The van der Waals surface area contributed by atoms with Crippen molar-refractivity contribution < 1.29 is 5.11 Å². The van der Waals surface area contributed by atoms with E-state index in [1.807, 2.05) is 0 Å². The van der Waals surface area contributed by atoms with Crippen molar-refractivity contribution in [3.63, 3.8) is 0 Å². The van der Waals surface area contributed by atoms with Crippen LogP contribution in [0.3, 0.4) is 0 Å². The molecule has 5 aliphatic carbocycles. The molecule has 5 aliphatic rings.